The topological polar surface area (TPSA) is 71.6 Å². The quantitative estimate of drug-likeness (QED) is 0.289. The highest BCUT2D eigenvalue weighted by Gasteiger charge is 2.45. The number of aromatic nitrogens is 2. The van der Waals surface area contributed by atoms with E-state index >= 15 is 0 Å². The second-order valence-corrected chi connectivity index (χ2v) is 10.4. The summed E-state index contributed by atoms with van der Waals surface area (Å²) in [6, 6.07) is 15.2. The van der Waals surface area contributed by atoms with Crippen LogP contribution in [0.1, 0.15) is 55.0 Å². The van der Waals surface area contributed by atoms with Crippen LogP contribution in [-0.2, 0) is 23.4 Å². The second-order valence-electron chi connectivity index (χ2n) is 9.55. The Hall–Kier alpha value is -1.48. The van der Waals surface area contributed by atoms with Crippen molar-refractivity contribution in [2.75, 3.05) is 20.7 Å². The summed E-state index contributed by atoms with van der Waals surface area (Å²) in [5.74, 6) is 0.813. The van der Waals surface area contributed by atoms with E-state index in [-0.39, 0.29) is 34.8 Å². The maximum absolute atomic E-state index is 12.0. The molecule has 4 rings (SSSR count). The van der Waals surface area contributed by atoms with E-state index in [1.54, 1.807) is 6.07 Å². The molecule has 36 heavy (non-hydrogen) atoms. The minimum Gasteiger partial charge on any atom is -0.422 e. The fraction of sp³-hybridized carbons (Fsp3) is 0.481. The molecule has 2 aromatic carbocycles. The Kier molecular flexibility index (Phi) is 10.8. The molecular weight excluding hydrogens is 565 g/mol. The molecule has 3 aromatic rings. The Morgan fingerprint density at radius 1 is 1.06 bits per heavy atom. The molecule has 2 atom stereocenters. The number of hydrogen-bond acceptors (Lipinski definition) is 6. The first-order valence-electron chi connectivity index (χ1n) is 12.2. The average Bonchev–Trinajstić information content (AvgIpc) is 3.35. The molecule has 0 radical (unpaired) electrons. The molecule has 1 saturated carbocycles. The number of hydrogen-bond donors (Lipinski definition) is 1. The maximum Gasteiger partial charge on any atom is 0.252 e. The second kappa shape index (κ2) is 13.4. The van der Waals surface area contributed by atoms with Gasteiger partial charge in [-0.15, -0.1) is 27.2 Å². The molecule has 6 nitrogen and oxygen atoms in total. The lowest BCUT2D eigenvalue weighted by atomic mass is 9.73. The Balaban J connectivity index is 0.00000361. The summed E-state index contributed by atoms with van der Waals surface area (Å²) in [6.07, 6.45) is 5.78. The van der Waals surface area contributed by atoms with Crippen LogP contribution in [0, 0.1) is 5.92 Å². The highest BCUT2D eigenvalue weighted by Crippen LogP contribution is 2.43. The van der Waals surface area contributed by atoms with E-state index in [0.717, 1.165) is 36.8 Å². The number of rotatable bonds is 10. The van der Waals surface area contributed by atoms with Crippen LogP contribution in [0.3, 0.4) is 0 Å². The molecule has 9 heteroatoms. The Morgan fingerprint density at radius 3 is 2.44 bits per heavy atom. The van der Waals surface area contributed by atoms with Gasteiger partial charge >= 0.3 is 0 Å². The van der Waals surface area contributed by atoms with Gasteiger partial charge in [-0.25, -0.2) is 0 Å². The fourth-order valence-corrected chi connectivity index (χ4v) is 5.09. The third kappa shape index (κ3) is 6.88. The SMILES string of the molecule is Br.CN(C)C(COCc1ccc(Cl)c(Cl)c1)Cc1nnc(C(O)(c2ccccc2)C2CCCCC2)o1. The normalized spacial score (nSPS) is 16.9. The third-order valence-electron chi connectivity index (χ3n) is 6.91. The van der Waals surface area contributed by atoms with Crippen LogP contribution in [0.4, 0.5) is 0 Å². The van der Waals surface area contributed by atoms with Crippen LogP contribution < -0.4 is 0 Å². The summed E-state index contributed by atoms with van der Waals surface area (Å²) in [6.45, 7) is 0.891. The molecule has 0 spiro atoms. The number of aliphatic hydroxyl groups is 1. The van der Waals surface area contributed by atoms with Gasteiger partial charge in [0.2, 0.25) is 5.89 Å². The lowest BCUT2D eigenvalue weighted by Crippen LogP contribution is -2.38. The summed E-state index contributed by atoms with van der Waals surface area (Å²) < 4.78 is 12.1. The number of likely N-dealkylation sites (N-methyl/N-ethyl adjacent to an activating group) is 1. The smallest absolute Gasteiger partial charge is 0.252 e. The van der Waals surface area contributed by atoms with Crippen LogP contribution in [0.25, 0.3) is 0 Å². The van der Waals surface area contributed by atoms with Crippen LogP contribution in [-0.4, -0.2) is 46.9 Å². The molecule has 2 unspecified atom stereocenters. The van der Waals surface area contributed by atoms with Crippen molar-refractivity contribution in [2.45, 2.75) is 56.8 Å². The first-order chi connectivity index (χ1) is 16.9. The van der Waals surface area contributed by atoms with Gasteiger partial charge in [-0.2, -0.15) is 0 Å². The molecule has 0 aliphatic heterocycles. The monoisotopic (exact) mass is 597 g/mol. The van der Waals surface area contributed by atoms with E-state index in [4.69, 9.17) is 32.4 Å². The minimum absolute atomic E-state index is 0. The fourth-order valence-electron chi connectivity index (χ4n) is 4.77. The Labute approximate surface area is 233 Å². The summed E-state index contributed by atoms with van der Waals surface area (Å²) in [4.78, 5) is 2.07. The van der Waals surface area contributed by atoms with Crippen molar-refractivity contribution < 1.29 is 14.3 Å². The van der Waals surface area contributed by atoms with Gasteiger partial charge in [0.15, 0.2) is 5.60 Å². The van der Waals surface area contributed by atoms with E-state index in [0.29, 0.717) is 35.6 Å². The summed E-state index contributed by atoms with van der Waals surface area (Å²) >= 11 is 12.1. The lowest BCUT2D eigenvalue weighted by Gasteiger charge is -2.36. The Morgan fingerprint density at radius 2 is 1.78 bits per heavy atom. The van der Waals surface area contributed by atoms with Crippen LogP contribution >= 0.6 is 40.2 Å². The summed E-state index contributed by atoms with van der Waals surface area (Å²) in [5, 5.41) is 21.7. The van der Waals surface area contributed by atoms with Gasteiger partial charge in [0.05, 0.1) is 23.3 Å². The molecule has 1 aliphatic carbocycles. The van der Waals surface area contributed by atoms with Gasteiger partial charge in [0.1, 0.15) is 0 Å². The number of nitrogens with zero attached hydrogens (tertiary/aromatic N) is 3. The van der Waals surface area contributed by atoms with Crippen molar-refractivity contribution in [1.29, 1.82) is 0 Å². The van der Waals surface area contributed by atoms with Crippen molar-refractivity contribution in [1.82, 2.24) is 15.1 Å². The van der Waals surface area contributed by atoms with E-state index in [2.05, 4.69) is 15.1 Å². The first kappa shape index (κ1) is 29.1. The van der Waals surface area contributed by atoms with Gasteiger partial charge in [0.25, 0.3) is 5.89 Å². The van der Waals surface area contributed by atoms with Crippen LogP contribution in [0.2, 0.25) is 10.0 Å². The van der Waals surface area contributed by atoms with Gasteiger partial charge in [0, 0.05) is 18.4 Å². The number of benzene rings is 2. The van der Waals surface area contributed by atoms with Gasteiger partial charge < -0.3 is 19.2 Å². The highest BCUT2D eigenvalue weighted by atomic mass is 79.9. The van der Waals surface area contributed by atoms with Crippen molar-refractivity contribution in [3.8, 4) is 0 Å². The molecule has 0 saturated heterocycles. The van der Waals surface area contributed by atoms with Crippen molar-refractivity contribution >= 4 is 40.2 Å². The third-order valence-corrected chi connectivity index (χ3v) is 7.65. The largest absolute Gasteiger partial charge is 0.422 e. The van der Waals surface area contributed by atoms with Gasteiger partial charge in [-0.05, 0) is 50.2 Å². The van der Waals surface area contributed by atoms with E-state index < -0.39 is 5.60 Å². The van der Waals surface area contributed by atoms with Crippen molar-refractivity contribution in [3.63, 3.8) is 0 Å². The Bertz CT molecular complexity index is 1090. The maximum atomic E-state index is 12.0. The lowest BCUT2D eigenvalue weighted by molar-refractivity contribution is -0.0243. The van der Waals surface area contributed by atoms with Gasteiger partial charge in [-0.3, -0.25) is 0 Å². The average molecular weight is 599 g/mol. The van der Waals surface area contributed by atoms with Crippen molar-refractivity contribution in [3.05, 3.63) is 81.5 Å². The van der Waals surface area contributed by atoms with E-state index in [1.165, 1.54) is 6.42 Å². The predicted molar refractivity (Wildman–Crippen MR) is 148 cm³/mol. The minimum atomic E-state index is -1.29. The molecule has 0 amide bonds. The number of ether oxygens (including phenoxy) is 1. The van der Waals surface area contributed by atoms with Crippen LogP contribution in [0.5, 0.6) is 0 Å². The predicted octanol–water partition coefficient (Wildman–Crippen LogP) is 6.46. The zero-order valence-electron chi connectivity index (χ0n) is 20.7. The molecule has 0 bridgehead atoms. The summed E-state index contributed by atoms with van der Waals surface area (Å²) in [7, 11) is 3.99. The highest BCUT2D eigenvalue weighted by molar-refractivity contribution is 8.93. The molecule has 1 fully saturated rings. The molecule has 1 aromatic heterocycles. The molecule has 196 valence electrons. The molecule has 1 aliphatic rings. The standard InChI is InChI=1S/C27H33Cl2N3O3.BrH/c1-32(2)22(18-34-17-19-13-14-23(28)24(29)15-19)16-25-30-31-26(35-25)27(33,20-9-5-3-6-10-20)21-11-7-4-8-12-21;/h3,5-6,9-10,13-15,21-22,33H,4,7-8,11-12,16-18H2,1-2H3;1H. The zero-order chi connectivity index (χ0) is 24.8. The number of halogens is 3. The van der Waals surface area contributed by atoms with E-state index in [1.807, 2.05) is 56.6 Å². The first-order valence-corrected chi connectivity index (χ1v) is 12.9. The van der Waals surface area contributed by atoms with E-state index in [9.17, 15) is 5.11 Å². The van der Waals surface area contributed by atoms with Gasteiger partial charge in [-0.1, -0.05) is 78.9 Å². The molecule has 1 heterocycles. The van der Waals surface area contributed by atoms with Crippen molar-refractivity contribution in [2.24, 2.45) is 5.92 Å². The van der Waals surface area contributed by atoms with Crippen LogP contribution in [0.15, 0.2) is 52.9 Å². The summed E-state index contributed by atoms with van der Waals surface area (Å²) in [5.41, 5.74) is 0.471. The molecule has 1 N–H and O–H groups in total. The zero-order valence-corrected chi connectivity index (χ0v) is 23.9. The molecular formula is C27H34BrCl2N3O3.